The second kappa shape index (κ2) is 17.7. The molecule has 0 unspecified atom stereocenters. The Morgan fingerprint density at radius 1 is 1.03 bits per heavy atom. The zero-order valence-corrected chi connectivity index (χ0v) is 21.0. The van der Waals surface area contributed by atoms with Crippen LogP contribution in [0.5, 0.6) is 0 Å². The molecule has 0 spiro atoms. The molecule has 0 radical (unpaired) electrons. The maximum atomic E-state index is 12.6. The number of hydrogen-bond donors (Lipinski definition) is 1. The van der Waals surface area contributed by atoms with E-state index in [0.717, 1.165) is 37.2 Å². The summed E-state index contributed by atoms with van der Waals surface area (Å²) in [6.45, 7) is 6.38. The molecule has 1 heterocycles. The summed E-state index contributed by atoms with van der Waals surface area (Å²) in [5.41, 5.74) is 0. The lowest BCUT2D eigenvalue weighted by Gasteiger charge is -2.23. The van der Waals surface area contributed by atoms with Gasteiger partial charge in [-0.15, -0.1) is 0 Å². The fraction of sp³-hybridized carbons (Fsp3) is 0.864. The zero-order chi connectivity index (χ0) is 22.9. The Kier molecular flexibility index (Phi) is 16.2. The highest BCUT2D eigenvalue weighted by atomic mass is 33.1. The first kappa shape index (κ1) is 28.3. The Bertz CT molecular complexity index is 536. The highest BCUT2D eigenvalue weighted by molar-refractivity contribution is 8.76. The Hall–Kier alpha value is -0.770. The molecule has 31 heavy (non-hydrogen) atoms. The minimum atomic E-state index is 0.0572. The summed E-state index contributed by atoms with van der Waals surface area (Å²) in [7, 11) is 5.14. The van der Waals surface area contributed by atoms with Crippen LogP contribution in [0, 0.1) is 0 Å². The second-order valence-corrected chi connectivity index (χ2v) is 10.4. The summed E-state index contributed by atoms with van der Waals surface area (Å²) < 4.78 is 11.0. The first-order valence-corrected chi connectivity index (χ1v) is 13.9. The van der Waals surface area contributed by atoms with E-state index in [1.807, 2.05) is 18.7 Å². The standard InChI is InChI=1S/C22H40N2O5S2/c1-4-19(25)9-6-7-10-21(26)23-12-14-31-30-13-8-11-22(27)24-16-20(29-5-2)15-18(24)17-28-3/h18,20H,4-17H2,1-3H3,(H,23,26)/t18-,20+/m0/s1. The van der Waals surface area contributed by atoms with Crippen molar-refractivity contribution in [3.63, 3.8) is 0 Å². The third-order valence-corrected chi connectivity index (χ3v) is 7.66. The highest BCUT2D eigenvalue weighted by Gasteiger charge is 2.35. The maximum absolute atomic E-state index is 12.6. The molecular formula is C22H40N2O5S2. The molecule has 7 nitrogen and oxygen atoms in total. The van der Waals surface area contributed by atoms with Crippen molar-refractivity contribution in [1.29, 1.82) is 0 Å². The van der Waals surface area contributed by atoms with Crippen LogP contribution in [0.3, 0.4) is 0 Å². The molecule has 0 aromatic carbocycles. The van der Waals surface area contributed by atoms with E-state index in [4.69, 9.17) is 9.47 Å². The van der Waals surface area contributed by atoms with Crippen molar-refractivity contribution >= 4 is 39.2 Å². The lowest BCUT2D eigenvalue weighted by Crippen LogP contribution is -2.38. The van der Waals surface area contributed by atoms with Gasteiger partial charge in [0.1, 0.15) is 5.78 Å². The molecule has 9 heteroatoms. The van der Waals surface area contributed by atoms with Gasteiger partial charge in [0.05, 0.1) is 18.8 Å². The summed E-state index contributed by atoms with van der Waals surface area (Å²) in [6, 6.07) is 0.117. The van der Waals surface area contributed by atoms with E-state index in [2.05, 4.69) is 5.32 Å². The van der Waals surface area contributed by atoms with Crippen LogP contribution in [0.25, 0.3) is 0 Å². The number of amides is 2. The molecule has 0 aromatic heterocycles. The molecule has 2 atom stereocenters. The average Bonchev–Trinajstić information content (AvgIpc) is 3.15. The van der Waals surface area contributed by atoms with E-state index in [-0.39, 0.29) is 29.7 Å². The lowest BCUT2D eigenvalue weighted by atomic mass is 10.1. The van der Waals surface area contributed by atoms with Crippen molar-refractivity contribution in [3.05, 3.63) is 0 Å². The first-order chi connectivity index (χ1) is 15.0. The Morgan fingerprint density at radius 2 is 1.77 bits per heavy atom. The number of hydrogen-bond acceptors (Lipinski definition) is 7. The minimum Gasteiger partial charge on any atom is -0.383 e. The number of carbonyl (C=O) groups excluding carboxylic acids is 3. The zero-order valence-electron chi connectivity index (χ0n) is 19.4. The van der Waals surface area contributed by atoms with Gasteiger partial charge in [0.2, 0.25) is 11.8 Å². The topological polar surface area (TPSA) is 84.9 Å². The third kappa shape index (κ3) is 12.7. The van der Waals surface area contributed by atoms with Crippen molar-refractivity contribution < 1.29 is 23.9 Å². The van der Waals surface area contributed by atoms with E-state index in [1.54, 1.807) is 28.7 Å². The fourth-order valence-corrected chi connectivity index (χ4v) is 5.53. The predicted molar refractivity (Wildman–Crippen MR) is 128 cm³/mol. The molecule has 180 valence electrons. The van der Waals surface area contributed by atoms with Gasteiger partial charge in [-0.3, -0.25) is 14.4 Å². The van der Waals surface area contributed by atoms with Crippen LogP contribution in [-0.4, -0.2) is 79.6 Å². The number of ether oxygens (including phenoxy) is 2. The van der Waals surface area contributed by atoms with Gasteiger partial charge in [0.25, 0.3) is 0 Å². The van der Waals surface area contributed by atoms with Crippen molar-refractivity contribution in [2.75, 3.05) is 44.9 Å². The monoisotopic (exact) mass is 476 g/mol. The Morgan fingerprint density at radius 3 is 2.48 bits per heavy atom. The van der Waals surface area contributed by atoms with E-state index < -0.39 is 0 Å². The molecule has 0 bridgehead atoms. The number of methoxy groups -OCH3 is 1. The number of likely N-dealkylation sites (tertiary alicyclic amines) is 1. The second-order valence-electron chi connectivity index (χ2n) is 7.67. The summed E-state index contributed by atoms with van der Waals surface area (Å²) >= 11 is 0. The van der Waals surface area contributed by atoms with Gasteiger partial charge in [0, 0.05) is 64.0 Å². The molecule has 1 rings (SSSR count). The molecule has 1 aliphatic heterocycles. The fourth-order valence-electron chi connectivity index (χ4n) is 3.53. The average molecular weight is 477 g/mol. The highest BCUT2D eigenvalue weighted by Crippen LogP contribution is 2.24. The van der Waals surface area contributed by atoms with Crippen LogP contribution < -0.4 is 5.32 Å². The van der Waals surface area contributed by atoms with Gasteiger partial charge in [-0.2, -0.15) is 0 Å². The van der Waals surface area contributed by atoms with E-state index in [9.17, 15) is 14.4 Å². The van der Waals surface area contributed by atoms with Gasteiger partial charge in [-0.1, -0.05) is 28.5 Å². The number of nitrogens with one attached hydrogen (secondary N) is 1. The number of carbonyl (C=O) groups is 3. The number of unbranched alkanes of at least 4 members (excludes halogenated alkanes) is 1. The van der Waals surface area contributed by atoms with Gasteiger partial charge in [-0.25, -0.2) is 0 Å². The van der Waals surface area contributed by atoms with Crippen LogP contribution in [0.4, 0.5) is 0 Å². The SMILES string of the molecule is CCO[C@@H]1C[C@@H](COC)N(C(=O)CCCSSCCNC(=O)CCCCC(=O)CC)C1. The lowest BCUT2D eigenvalue weighted by molar-refractivity contribution is -0.133. The molecule has 1 fully saturated rings. The van der Waals surface area contributed by atoms with E-state index in [0.29, 0.717) is 52.0 Å². The molecule has 0 aromatic rings. The molecule has 0 aliphatic carbocycles. The van der Waals surface area contributed by atoms with Crippen molar-refractivity contribution in [2.24, 2.45) is 0 Å². The molecule has 0 saturated carbocycles. The van der Waals surface area contributed by atoms with Crippen molar-refractivity contribution in [2.45, 2.75) is 77.4 Å². The first-order valence-electron chi connectivity index (χ1n) is 11.4. The van der Waals surface area contributed by atoms with Crippen LogP contribution in [-0.2, 0) is 23.9 Å². The van der Waals surface area contributed by atoms with E-state index in [1.165, 1.54) is 0 Å². The molecule has 1 N–H and O–H groups in total. The third-order valence-electron chi connectivity index (χ3n) is 5.17. The van der Waals surface area contributed by atoms with Crippen LogP contribution in [0.1, 0.15) is 65.2 Å². The van der Waals surface area contributed by atoms with Crippen LogP contribution in [0.2, 0.25) is 0 Å². The molecule has 1 saturated heterocycles. The normalized spacial score (nSPS) is 18.4. The number of rotatable bonds is 18. The molecular weight excluding hydrogens is 436 g/mol. The summed E-state index contributed by atoms with van der Waals surface area (Å²) in [6.07, 6.45) is 5.56. The van der Waals surface area contributed by atoms with Crippen LogP contribution in [0.15, 0.2) is 0 Å². The van der Waals surface area contributed by atoms with E-state index >= 15 is 0 Å². The maximum Gasteiger partial charge on any atom is 0.223 e. The van der Waals surface area contributed by atoms with Crippen molar-refractivity contribution in [3.8, 4) is 0 Å². The number of ketones is 1. The van der Waals surface area contributed by atoms with Gasteiger partial charge >= 0.3 is 0 Å². The minimum absolute atomic E-state index is 0.0572. The summed E-state index contributed by atoms with van der Waals surface area (Å²) in [5.74, 6) is 2.26. The Balaban J connectivity index is 2.03. The van der Waals surface area contributed by atoms with Crippen molar-refractivity contribution in [1.82, 2.24) is 10.2 Å². The van der Waals surface area contributed by atoms with Gasteiger partial charge < -0.3 is 19.7 Å². The Labute approximate surface area is 195 Å². The molecule has 1 aliphatic rings. The number of Topliss-reactive ketones (excluding diaryl/α,β-unsaturated/α-hetero) is 1. The van der Waals surface area contributed by atoms with Gasteiger partial charge in [0.15, 0.2) is 0 Å². The summed E-state index contributed by atoms with van der Waals surface area (Å²) in [5, 5.41) is 2.92. The van der Waals surface area contributed by atoms with Crippen LogP contribution >= 0.6 is 21.6 Å². The largest absolute Gasteiger partial charge is 0.383 e. The van der Waals surface area contributed by atoms with Gasteiger partial charge in [-0.05, 0) is 32.6 Å². The smallest absolute Gasteiger partial charge is 0.223 e. The summed E-state index contributed by atoms with van der Waals surface area (Å²) in [4.78, 5) is 37.5. The quantitative estimate of drug-likeness (QED) is 0.239. The number of nitrogens with zero attached hydrogens (tertiary/aromatic N) is 1. The molecule has 2 amide bonds. The predicted octanol–water partition coefficient (Wildman–Crippen LogP) is 3.46.